The maximum absolute atomic E-state index is 4.72. The molecule has 0 N–H and O–H groups in total. The van der Waals surface area contributed by atoms with Gasteiger partial charge in [0, 0.05) is 33.7 Å². The minimum atomic E-state index is 0.384. The molecule has 1 unspecified atom stereocenters. The molecular weight excluding hydrogens is 358 g/mol. The van der Waals surface area contributed by atoms with E-state index in [0.717, 1.165) is 21.5 Å². The van der Waals surface area contributed by atoms with Gasteiger partial charge in [-0.1, -0.05) is 15.9 Å². The van der Waals surface area contributed by atoms with Crippen LogP contribution in [0.25, 0.3) is 10.9 Å². The molecule has 1 aromatic carbocycles. The van der Waals surface area contributed by atoms with Crippen LogP contribution in [0.1, 0.15) is 29.6 Å². The predicted octanol–water partition coefficient (Wildman–Crippen LogP) is 5.10. The summed E-state index contributed by atoms with van der Waals surface area (Å²) in [4.78, 5) is 11.7. The van der Waals surface area contributed by atoms with E-state index in [1.54, 1.807) is 11.3 Å². The Balaban J connectivity index is 1.82. The molecule has 0 aliphatic carbocycles. The minimum Gasteiger partial charge on any atom is -0.362 e. The van der Waals surface area contributed by atoms with Crippen molar-refractivity contribution in [1.82, 2.24) is 9.97 Å². The second-order valence-corrected chi connectivity index (χ2v) is 7.61. The average Bonchev–Trinajstić information content (AvgIpc) is 3.15. The molecular formula is C17H16BrN3S. The van der Waals surface area contributed by atoms with Crippen LogP contribution in [-0.2, 0) is 0 Å². The van der Waals surface area contributed by atoms with Crippen LogP contribution < -0.4 is 4.90 Å². The Hall–Kier alpha value is -1.46. The molecule has 1 aliphatic heterocycles. The molecule has 1 aliphatic rings. The normalized spacial score (nSPS) is 18.3. The highest BCUT2D eigenvalue weighted by atomic mass is 79.9. The number of thiazole rings is 1. The van der Waals surface area contributed by atoms with Crippen molar-refractivity contribution in [3.05, 3.63) is 51.0 Å². The van der Waals surface area contributed by atoms with Gasteiger partial charge >= 0.3 is 0 Å². The standard InChI is InChI=1S/C17H16BrN3S/c1-11-20-15(10-22-11)17-3-2-8-21(17)16-6-7-19-14-5-4-12(18)9-13(14)16/h4-7,9-10,17H,2-3,8H2,1H3. The van der Waals surface area contributed by atoms with Crippen molar-refractivity contribution in [2.75, 3.05) is 11.4 Å². The molecule has 3 nitrogen and oxygen atoms in total. The monoisotopic (exact) mass is 373 g/mol. The number of benzene rings is 1. The lowest BCUT2D eigenvalue weighted by molar-refractivity contribution is 0.699. The molecule has 0 amide bonds. The lowest BCUT2D eigenvalue weighted by Gasteiger charge is -2.27. The van der Waals surface area contributed by atoms with E-state index in [1.807, 2.05) is 12.3 Å². The van der Waals surface area contributed by atoms with Crippen molar-refractivity contribution < 1.29 is 0 Å². The third kappa shape index (κ3) is 2.42. The van der Waals surface area contributed by atoms with Gasteiger partial charge in [0.25, 0.3) is 0 Å². The Labute approximate surface area is 142 Å². The maximum Gasteiger partial charge on any atom is 0.0898 e. The highest BCUT2D eigenvalue weighted by Crippen LogP contribution is 2.39. The van der Waals surface area contributed by atoms with Gasteiger partial charge in [-0.05, 0) is 44.0 Å². The molecule has 0 spiro atoms. The first kappa shape index (κ1) is 14.2. The second-order valence-electron chi connectivity index (χ2n) is 5.63. The first-order valence-electron chi connectivity index (χ1n) is 7.45. The Kier molecular flexibility index (Phi) is 3.62. The molecule has 3 aromatic rings. The topological polar surface area (TPSA) is 29.0 Å². The summed E-state index contributed by atoms with van der Waals surface area (Å²) in [5.41, 5.74) is 3.51. The number of anilines is 1. The summed E-state index contributed by atoms with van der Waals surface area (Å²) in [5, 5.41) is 4.55. The molecule has 0 saturated carbocycles. The van der Waals surface area contributed by atoms with Gasteiger partial charge in [-0.25, -0.2) is 4.98 Å². The van der Waals surface area contributed by atoms with Gasteiger partial charge in [0.15, 0.2) is 0 Å². The summed E-state index contributed by atoms with van der Waals surface area (Å²) >= 11 is 5.32. The van der Waals surface area contributed by atoms with Crippen molar-refractivity contribution in [2.24, 2.45) is 0 Å². The van der Waals surface area contributed by atoms with Crippen molar-refractivity contribution in [3.8, 4) is 0 Å². The number of nitrogens with zero attached hydrogens (tertiary/aromatic N) is 3. The molecule has 3 heterocycles. The summed E-state index contributed by atoms with van der Waals surface area (Å²) < 4.78 is 1.09. The van der Waals surface area contributed by atoms with Crippen molar-refractivity contribution >= 4 is 43.9 Å². The van der Waals surface area contributed by atoms with Crippen LogP contribution >= 0.6 is 27.3 Å². The van der Waals surface area contributed by atoms with E-state index in [9.17, 15) is 0 Å². The third-order valence-corrected chi connectivity index (χ3v) is 5.51. The molecule has 4 rings (SSSR count). The number of aromatic nitrogens is 2. The van der Waals surface area contributed by atoms with Crippen LogP contribution in [0.15, 0.2) is 40.3 Å². The number of fused-ring (bicyclic) bond motifs is 1. The van der Waals surface area contributed by atoms with Gasteiger partial charge in [-0.3, -0.25) is 4.98 Å². The lowest BCUT2D eigenvalue weighted by Crippen LogP contribution is -2.23. The number of halogens is 1. The largest absolute Gasteiger partial charge is 0.362 e. The summed E-state index contributed by atoms with van der Waals surface area (Å²) in [5.74, 6) is 0. The molecule has 1 atom stereocenters. The highest BCUT2D eigenvalue weighted by Gasteiger charge is 2.29. The fourth-order valence-electron chi connectivity index (χ4n) is 3.25. The third-order valence-electron chi connectivity index (χ3n) is 4.22. The minimum absolute atomic E-state index is 0.384. The van der Waals surface area contributed by atoms with Gasteiger partial charge < -0.3 is 4.90 Å². The first-order chi connectivity index (χ1) is 10.7. The van der Waals surface area contributed by atoms with E-state index >= 15 is 0 Å². The Morgan fingerprint density at radius 2 is 2.23 bits per heavy atom. The van der Waals surface area contributed by atoms with E-state index in [-0.39, 0.29) is 0 Å². The Morgan fingerprint density at radius 1 is 1.32 bits per heavy atom. The number of aryl methyl sites for hydroxylation is 1. The second kappa shape index (κ2) is 5.63. The number of hydrogen-bond acceptors (Lipinski definition) is 4. The highest BCUT2D eigenvalue weighted by molar-refractivity contribution is 9.10. The molecule has 0 bridgehead atoms. The number of hydrogen-bond donors (Lipinski definition) is 0. The molecule has 2 aromatic heterocycles. The SMILES string of the molecule is Cc1nc(C2CCCN2c2ccnc3ccc(Br)cc23)cs1. The summed E-state index contributed by atoms with van der Waals surface area (Å²) in [6, 6.07) is 8.80. The van der Waals surface area contributed by atoms with Crippen molar-refractivity contribution in [3.63, 3.8) is 0 Å². The molecule has 0 radical (unpaired) electrons. The number of pyridine rings is 1. The van der Waals surface area contributed by atoms with Crippen LogP contribution in [0.3, 0.4) is 0 Å². The maximum atomic E-state index is 4.72. The lowest BCUT2D eigenvalue weighted by atomic mass is 10.1. The quantitative estimate of drug-likeness (QED) is 0.625. The van der Waals surface area contributed by atoms with Gasteiger partial charge in [-0.15, -0.1) is 11.3 Å². The average molecular weight is 374 g/mol. The first-order valence-corrected chi connectivity index (χ1v) is 9.12. The summed E-state index contributed by atoms with van der Waals surface area (Å²) in [6.45, 7) is 3.15. The van der Waals surface area contributed by atoms with Crippen molar-refractivity contribution in [2.45, 2.75) is 25.8 Å². The van der Waals surface area contributed by atoms with Crippen molar-refractivity contribution in [1.29, 1.82) is 0 Å². The van der Waals surface area contributed by atoms with Crippen LogP contribution in [0.4, 0.5) is 5.69 Å². The molecule has 112 valence electrons. The van der Waals surface area contributed by atoms with Crippen LogP contribution in [-0.4, -0.2) is 16.5 Å². The summed E-state index contributed by atoms with van der Waals surface area (Å²) in [6.07, 6.45) is 4.29. The zero-order chi connectivity index (χ0) is 15.1. The molecule has 22 heavy (non-hydrogen) atoms. The molecule has 5 heteroatoms. The summed E-state index contributed by atoms with van der Waals surface area (Å²) in [7, 11) is 0. The Morgan fingerprint density at radius 3 is 3.05 bits per heavy atom. The molecule has 1 saturated heterocycles. The molecule has 1 fully saturated rings. The van der Waals surface area contributed by atoms with Crippen LogP contribution in [0.2, 0.25) is 0 Å². The van der Waals surface area contributed by atoms with Crippen LogP contribution in [0, 0.1) is 6.92 Å². The predicted molar refractivity (Wildman–Crippen MR) is 95.6 cm³/mol. The fourth-order valence-corrected chi connectivity index (χ4v) is 4.27. The smallest absolute Gasteiger partial charge is 0.0898 e. The van der Waals surface area contributed by atoms with E-state index in [0.29, 0.717) is 6.04 Å². The van der Waals surface area contributed by atoms with E-state index in [2.05, 4.69) is 56.3 Å². The van der Waals surface area contributed by atoms with E-state index in [1.165, 1.54) is 29.6 Å². The van der Waals surface area contributed by atoms with Crippen LogP contribution in [0.5, 0.6) is 0 Å². The zero-order valence-corrected chi connectivity index (χ0v) is 14.7. The van der Waals surface area contributed by atoms with E-state index in [4.69, 9.17) is 4.98 Å². The number of rotatable bonds is 2. The van der Waals surface area contributed by atoms with Gasteiger partial charge in [0.1, 0.15) is 0 Å². The zero-order valence-electron chi connectivity index (χ0n) is 12.3. The Bertz CT molecular complexity index is 830. The van der Waals surface area contributed by atoms with Gasteiger partial charge in [-0.2, -0.15) is 0 Å². The van der Waals surface area contributed by atoms with Gasteiger partial charge in [0.05, 0.1) is 22.3 Å². The van der Waals surface area contributed by atoms with Gasteiger partial charge in [0.2, 0.25) is 0 Å². The van der Waals surface area contributed by atoms with E-state index < -0.39 is 0 Å². The fraction of sp³-hybridized carbons (Fsp3) is 0.294.